The van der Waals surface area contributed by atoms with Crippen molar-refractivity contribution in [3.8, 4) is 0 Å². The van der Waals surface area contributed by atoms with Gasteiger partial charge >= 0.3 is 0 Å². The molecule has 1 aliphatic heterocycles. The Hall–Kier alpha value is -2.44. The van der Waals surface area contributed by atoms with Crippen LogP contribution in [0, 0.1) is 0 Å². The summed E-state index contributed by atoms with van der Waals surface area (Å²) in [5.41, 5.74) is 7.03. The summed E-state index contributed by atoms with van der Waals surface area (Å²) in [5, 5.41) is 2.98. The maximum atomic E-state index is 12.7. The van der Waals surface area contributed by atoms with E-state index in [1.54, 1.807) is 13.1 Å². The topological polar surface area (TPSA) is 74.5 Å². The minimum absolute atomic E-state index is 0.197. The van der Waals surface area contributed by atoms with E-state index in [1.165, 1.54) is 0 Å². The standard InChI is InChI=1S/C20H27N5O/c1-20(21,17-8-4-3-5-9-17)19(26)23-15-16-7-6-10-22-18(16)25-13-11-24(2)12-14-25/h3-10H,11-15,21H2,1-2H3,(H,23,26). The molecule has 6 heteroatoms. The first-order chi connectivity index (χ1) is 12.5. The van der Waals surface area contributed by atoms with Crippen LogP contribution < -0.4 is 16.0 Å². The fraction of sp³-hybridized carbons (Fsp3) is 0.400. The zero-order chi connectivity index (χ0) is 18.6. The molecule has 2 heterocycles. The van der Waals surface area contributed by atoms with Crippen LogP contribution in [0.4, 0.5) is 5.82 Å². The first kappa shape index (κ1) is 18.4. The van der Waals surface area contributed by atoms with Crippen molar-refractivity contribution in [2.24, 2.45) is 5.73 Å². The lowest BCUT2D eigenvalue weighted by Gasteiger charge is -2.34. The fourth-order valence-electron chi connectivity index (χ4n) is 3.15. The Kier molecular flexibility index (Phi) is 5.54. The number of carbonyl (C=O) groups excluding carboxylic acids is 1. The van der Waals surface area contributed by atoms with E-state index >= 15 is 0 Å². The number of aromatic nitrogens is 1. The summed E-state index contributed by atoms with van der Waals surface area (Å²) in [4.78, 5) is 21.8. The van der Waals surface area contributed by atoms with Gasteiger partial charge in [0.25, 0.3) is 0 Å². The van der Waals surface area contributed by atoms with Gasteiger partial charge in [-0.1, -0.05) is 36.4 Å². The number of piperazine rings is 1. The number of pyridine rings is 1. The number of hydrogen-bond donors (Lipinski definition) is 2. The number of benzene rings is 1. The number of hydrogen-bond acceptors (Lipinski definition) is 5. The Morgan fingerprint density at radius 2 is 1.85 bits per heavy atom. The molecule has 0 saturated carbocycles. The van der Waals surface area contributed by atoms with Gasteiger partial charge in [-0.25, -0.2) is 4.98 Å². The summed E-state index contributed by atoms with van der Waals surface area (Å²) >= 11 is 0. The van der Waals surface area contributed by atoms with E-state index in [2.05, 4.69) is 27.1 Å². The molecule has 1 fully saturated rings. The molecule has 3 rings (SSSR count). The minimum atomic E-state index is -1.07. The van der Waals surface area contributed by atoms with Gasteiger partial charge in [-0.2, -0.15) is 0 Å². The van der Waals surface area contributed by atoms with E-state index in [1.807, 2.05) is 42.5 Å². The van der Waals surface area contributed by atoms with Gasteiger partial charge in [-0.15, -0.1) is 0 Å². The van der Waals surface area contributed by atoms with Gasteiger partial charge in [0.1, 0.15) is 11.4 Å². The van der Waals surface area contributed by atoms with Crippen molar-refractivity contribution in [3.05, 3.63) is 59.8 Å². The summed E-state index contributed by atoms with van der Waals surface area (Å²) in [5.74, 6) is 0.746. The number of amides is 1. The second-order valence-corrected chi connectivity index (χ2v) is 7.03. The molecule has 2 aromatic rings. The van der Waals surface area contributed by atoms with Crippen LogP contribution in [0.25, 0.3) is 0 Å². The van der Waals surface area contributed by atoms with Crippen molar-refractivity contribution in [1.29, 1.82) is 0 Å². The third-order valence-corrected chi connectivity index (χ3v) is 4.95. The number of nitrogens with zero attached hydrogens (tertiary/aromatic N) is 3. The molecule has 26 heavy (non-hydrogen) atoms. The Balaban J connectivity index is 1.69. The molecule has 1 aromatic heterocycles. The minimum Gasteiger partial charge on any atom is -0.354 e. The number of anilines is 1. The summed E-state index contributed by atoms with van der Waals surface area (Å²) in [6.07, 6.45) is 1.80. The zero-order valence-corrected chi connectivity index (χ0v) is 15.5. The third kappa shape index (κ3) is 4.03. The number of likely N-dealkylation sites (N-methyl/N-ethyl adjacent to an activating group) is 1. The van der Waals surface area contributed by atoms with Crippen molar-refractivity contribution < 1.29 is 4.79 Å². The molecule has 1 saturated heterocycles. The van der Waals surface area contributed by atoms with Crippen LogP contribution in [0.15, 0.2) is 48.7 Å². The van der Waals surface area contributed by atoms with Crippen molar-refractivity contribution in [2.45, 2.75) is 19.0 Å². The first-order valence-corrected chi connectivity index (χ1v) is 8.98. The number of nitrogens with one attached hydrogen (secondary N) is 1. The molecule has 0 aliphatic carbocycles. The van der Waals surface area contributed by atoms with Crippen molar-refractivity contribution in [3.63, 3.8) is 0 Å². The second kappa shape index (κ2) is 7.85. The molecule has 1 unspecified atom stereocenters. The highest BCUT2D eigenvalue weighted by atomic mass is 16.2. The van der Waals surface area contributed by atoms with Gasteiger partial charge in [0, 0.05) is 44.5 Å². The SMILES string of the molecule is CN1CCN(c2ncccc2CNC(=O)C(C)(N)c2ccccc2)CC1. The molecule has 0 radical (unpaired) electrons. The lowest BCUT2D eigenvalue weighted by molar-refractivity contribution is -0.126. The molecule has 1 aromatic carbocycles. The summed E-state index contributed by atoms with van der Waals surface area (Å²) < 4.78 is 0. The lowest BCUT2D eigenvalue weighted by Crippen LogP contribution is -2.49. The van der Waals surface area contributed by atoms with E-state index in [9.17, 15) is 4.79 Å². The largest absolute Gasteiger partial charge is 0.354 e. The van der Waals surface area contributed by atoms with Gasteiger partial charge in [0.15, 0.2) is 0 Å². The monoisotopic (exact) mass is 353 g/mol. The summed E-state index contributed by atoms with van der Waals surface area (Å²) in [6, 6.07) is 13.4. The molecule has 138 valence electrons. The molecule has 3 N–H and O–H groups in total. The average Bonchev–Trinajstić information content (AvgIpc) is 2.67. The van der Waals surface area contributed by atoms with Crippen LogP contribution in [-0.4, -0.2) is 49.0 Å². The summed E-state index contributed by atoms with van der Waals surface area (Å²) in [6.45, 7) is 6.05. The van der Waals surface area contributed by atoms with E-state index in [0.717, 1.165) is 43.1 Å². The highest BCUT2D eigenvalue weighted by Crippen LogP contribution is 2.20. The quantitative estimate of drug-likeness (QED) is 0.848. The van der Waals surface area contributed by atoms with Gasteiger partial charge < -0.3 is 20.9 Å². The van der Waals surface area contributed by atoms with Crippen LogP contribution >= 0.6 is 0 Å². The van der Waals surface area contributed by atoms with Crippen LogP contribution in [0.1, 0.15) is 18.1 Å². The van der Waals surface area contributed by atoms with E-state index in [0.29, 0.717) is 6.54 Å². The van der Waals surface area contributed by atoms with Crippen LogP contribution in [0.3, 0.4) is 0 Å². The van der Waals surface area contributed by atoms with E-state index in [-0.39, 0.29) is 5.91 Å². The predicted molar refractivity (Wildman–Crippen MR) is 104 cm³/mol. The maximum Gasteiger partial charge on any atom is 0.244 e. The number of rotatable bonds is 5. The van der Waals surface area contributed by atoms with Crippen LogP contribution in [-0.2, 0) is 16.9 Å². The summed E-state index contributed by atoms with van der Waals surface area (Å²) in [7, 11) is 2.13. The number of carbonyl (C=O) groups is 1. The molecule has 1 atom stereocenters. The normalized spacial score (nSPS) is 17.6. The Bertz CT molecular complexity index is 739. The first-order valence-electron chi connectivity index (χ1n) is 8.98. The zero-order valence-electron chi connectivity index (χ0n) is 15.5. The van der Waals surface area contributed by atoms with Crippen LogP contribution in [0.2, 0.25) is 0 Å². The Morgan fingerprint density at radius 1 is 1.15 bits per heavy atom. The van der Waals surface area contributed by atoms with Gasteiger partial charge in [-0.3, -0.25) is 4.79 Å². The predicted octanol–water partition coefficient (Wildman–Crippen LogP) is 1.32. The highest BCUT2D eigenvalue weighted by molar-refractivity contribution is 5.87. The van der Waals surface area contributed by atoms with Crippen molar-refractivity contribution in [2.75, 3.05) is 38.1 Å². The highest BCUT2D eigenvalue weighted by Gasteiger charge is 2.30. The molecule has 0 spiro atoms. The molecular weight excluding hydrogens is 326 g/mol. The molecule has 1 aliphatic rings. The maximum absolute atomic E-state index is 12.7. The Morgan fingerprint density at radius 3 is 2.54 bits per heavy atom. The van der Waals surface area contributed by atoms with Gasteiger partial charge in [0.05, 0.1) is 0 Å². The van der Waals surface area contributed by atoms with Crippen molar-refractivity contribution >= 4 is 11.7 Å². The fourth-order valence-corrected chi connectivity index (χ4v) is 3.15. The van der Waals surface area contributed by atoms with Crippen molar-refractivity contribution in [1.82, 2.24) is 15.2 Å². The molecule has 0 bridgehead atoms. The van der Waals surface area contributed by atoms with Gasteiger partial charge in [0.2, 0.25) is 5.91 Å². The molecular formula is C20H27N5O. The third-order valence-electron chi connectivity index (χ3n) is 4.95. The average molecular weight is 353 g/mol. The molecule has 6 nitrogen and oxygen atoms in total. The van der Waals surface area contributed by atoms with Crippen LogP contribution in [0.5, 0.6) is 0 Å². The Labute approximate surface area is 155 Å². The van der Waals surface area contributed by atoms with E-state index < -0.39 is 5.54 Å². The second-order valence-electron chi connectivity index (χ2n) is 7.03. The lowest BCUT2D eigenvalue weighted by atomic mass is 9.92. The van der Waals surface area contributed by atoms with Gasteiger partial charge in [-0.05, 0) is 25.6 Å². The number of nitrogens with two attached hydrogens (primary N) is 1. The molecule has 1 amide bonds. The smallest absolute Gasteiger partial charge is 0.244 e. The van der Waals surface area contributed by atoms with E-state index in [4.69, 9.17) is 5.73 Å².